The molecule has 240 valence electrons. The summed E-state index contributed by atoms with van der Waals surface area (Å²) in [5, 5.41) is 15.2. The van der Waals surface area contributed by atoms with E-state index >= 15 is 0 Å². The fourth-order valence-electron chi connectivity index (χ4n) is 5.77. The lowest BCUT2D eigenvalue weighted by molar-refractivity contribution is -0.138. The lowest BCUT2D eigenvalue weighted by Crippen LogP contribution is -2.46. The largest absolute Gasteiger partial charge is 0.513 e. The molecule has 0 aliphatic carbocycles. The third-order valence-corrected chi connectivity index (χ3v) is 7.86. The number of tetrazole rings is 1. The fraction of sp³-hybridized carbons (Fsp3) is 0.419. The van der Waals surface area contributed by atoms with Gasteiger partial charge in [0, 0.05) is 44.0 Å². The maximum Gasteiger partial charge on any atom is 0.513 e. The number of carbonyl (C=O) groups is 1. The lowest BCUT2D eigenvalue weighted by Gasteiger charge is -2.36. The maximum atomic E-state index is 14.2. The first-order valence-electron chi connectivity index (χ1n) is 14.6. The van der Waals surface area contributed by atoms with Gasteiger partial charge in [0.25, 0.3) is 0 Å². The molecule has 2 aliphatic rings. The molecule has 14 heteroatoms. The Hall–Kier alpha value is -4.59. The molecule has 3 aromatic rings. The number of alkyl halides is 3. The van der Waals surface area contributed by atoms with Crippen molar-refractivity contribution in [2.75, 3.05) is 51.3 Å². The van der Waals surface area contributed by atoms with Gasteiger partial charge < -0.3 is 24.4 Å². The van der Waals surface area contributed by atoms with Crippen molar-refractivity contribution in [3.63, 3.8) is 0 Å². The average molecular weight is 628 g/mol. The molecule has 1 N–H and O–H groups in total. The Morgan fingerprint density at radius 1 is 1.02 bits per heavy atom. The highest BCUT2D eigenvalue weighted by Crippen LogP contribution is 2.46. The van der Waals surface area contributed by atoms with Crippen molar-refractivity contribution in [1.29, 1.82) is 0 Å². The zero-order chi connectivity index (χ0) is 32.1. The normalized spacial score (nSPS) is 17.8. The zero-order valence-corrected chi connectivity index (χ0v) is 25.6. The number of anilines is 1. The van der Waals surface area contributed by atoms with Gasteiger partial charge in [-0.1, -0.05) is 30.3 Å². The SMILES string of the molecule is COc1ccccc1N1CCN(CCCOC(=O)OC2=C(C)NC(C)=C(c3nnn(C)n3)C2c2ccccc2C(F)(F)F)CC1. The summed E-state index contributed by atoms with van der Waals surface area (Å²) in [6, 6.07) is 13.1. The summed E-state index contributed by atoms with van der Waals surface area (Å²) < 4.78 is 59.1. The van der Waals surface area contributed by atoms with Crippen LogP contribution >= 0.6 is 0 Å². The Kier molecular flexibility index (Phi) is 9.61. The van der Waals surface area contributed by atoms with Gasteiger partial charge in [-0.2, -0.15) is 18.0 Å². The molecule has 0 spiro atoms. The molecule has 1 aromatic heterocycles. The molecule has 1 saturated heterocycles. The molecule has 2 aliphatic heterocycles. The van der Waals surface area contributed by atoms with E-state index in [1.165, 1.54) is 23.0 Å². The van der Waals surface area contributed by atoms with E-state index < -0.39 is 23.8 Å². The Labute approximate surface area is 259 Å². The lowest BCUT2D eigenvalue weighted by atomic mass is 9.82. The van der Waals surface area contributed by atoms with E-state index in [2.05, 4.69) is 30.5 Å². The average Bonchev–Trinajstić information content (AvgIpc) is 3.45. The van der Waals surface area contributed by atoms with Gasteiger partial charge in [-0.25, -0.2) is 4.79 Å². The Morgan fingerprint density at radius 2 is 1.73 bits per heavy atom. The van der Waals surface area contributed by atoms with Crippen LogP contribution in [0.15, 0.2) is 65.7 Å². The number of piperazine rings is 1. The number of ether oxygens (including phenoxy) is 3. The number of carbonyl (C=O) groups excluding carboxylic acids is 1. The van der Waals surface area contributed by atoms with Crippen LogP contribution in [0, 0.1) is 0 Å². The van der Waals surface area contributed by atoms with Crippen LogP contribution in [-0.4, -0.2) is 77.7 Å². The van der Waals surface area contributed by atoms with Crippen molar-refractivity contribution in [3.8, 4) is 5.75 Å². The maximum absolute atomic E-state index is 14.2. The van der Waals surface area contributed by atoms with E-state index in [1.807, 2.05) is 24.3 Å². The number of para-hydroxylation sites is 2. The third-order valence-electron chi connectivity index (χ3n) is 7.86. The molecular weight excluding hydrogens is 591 g/mol. The van der Waals surface area contributed by atoms with Gasteiger partial charge in [-0.05, 0) is 49.2 Å². The number of halogens is 3. The number of nitrogens with zero attached hydrogens (tertiary/aromatic N) is 6. The number of aromatic nitrogens is 4. The molecule has 0 amide bonds. The quantitative estimate of drug-likeness (QED) is 0.259. The molecule has 0 saturated carbocycles. The van der Waals surface area contributed by atoms with Gasteiger partial charge >= 0.3 is 12.3 Å². The van der Waals surface area contributed by atoms with Gasteiger partial charge in [0.05, 0.1) is 43.6 Å². The van der Waals surface area contributed by atoms with E-state index in [-0.39, 0.29) is 23.8 Å². The number of nitrogens with one attached hydrogen (secondary N) is 1. The summed E-state index contributed by atoms with van der Waals surface area (Å²) in [5.74, 6) is -0.235. The highest BCUT2D eigenvalue weighted by molar-refractivity contribution is 5.76. The minimum atomic E-state index is -4.66. The second-order valence-electron chi connectivity index (χ2n) is 10.8. The monoisotopic (exact) mass is 627 g/mol. The highest BCUT2D eigenvalue weighted by Gasteiger charge is 2.41. The second kappa shape index (κ2) is 13.6. The van der Waals surface area contributed by atoms with Crippen molar-refractivity contribution in [2.45, 2.75) is 32.4 Å². The van der Waals surface area contributed by atoms with Gasteiger partial charge in [0.1, 0.15) is 11.5 Å². The molecule has 1 atom stereocenters. The summed E-state index contributed by atoms with van der Waals surface area (Å²) in [6.45, 7) is 7.47. The van der Waals surface area contributed by atoms with Crippen LogP contribution in [0.25, 0.3) is 5.57 Å². The van der Waals surface area contributed by atoms with Gasteiger partial charge in [-0.3, -0.25) is 4.90 Å². The van der Waals surface area contributed by atoms with E-state index in [4.69, 9.17) is 14.2 Å². The first-order chi connectivity index (χ1) is 21.6. The number of hydrogen-bond donors (Lipinski definition) is 1. The van der Waals surface area contributed by atoms with Crippen molar-refractivity contribution in [3.05, 3.63) is 82.6 Å². The molecule has 3 heterocycles. The van der Waals surface area contributed by atoms with Crippen molar-refractivity contribution < 1.29 is 32.2 Å². The van der Waals surface area contributed by atoms with Gasteiger partial charge in [-0.15, -0.1) is 10.2 Å². The first-order valence-corrected chi connectivity index (χ1v) is 14.6. The van der Waals surface area contributed by atoms with E-state index in [0.717, 1.165) is 43.7 Å². The number of rotatable bonds is 9. The molecule has 45 heavy (non-hydrogen) atoms. The molecule has 1 fully saturated rings. The number of hydrogen-bond acceptors (Lipinski definition) is 10. The van der Waals surface area contributed by atoms with Crippen molar-refractivity contribution in [2.24, 2.45) is 7.05 Å². The smallest absolute Gasteiger partial charge is 0.495 e. The van der Waals surface area contributed by atoms with Crippen LogP contribution < -0.4 is 15.0 Å². The minimum Gasteiger partial charge on any atom is -0.495 e. The first kappa shape index (κ1) is 31.8. The molecule has 2 aromatic carbocycles. The molecule has 0 radical (unpaired) electrons. The number of dihydropyridines is 1. The Bertz CT molecular complexity index is 1580. The van der Waals surface area contributed by atoms with E-state index in [0.29, 0.717) is 29.9 Å². The van der Waals surface area contributed by atoms with E-state index in [1.54, 1.807) is 28.0 Å². The second-order valence-corrected chi connectivity index (χ2v) is 10.8. The van der Waals surface area contributed by atoms with Crippen LogP contribution in [0.4, 0.5) is 23.7 Å². The summed E-state index contributed by atoms with van der Waals surface area (Å²) in [6.07, 6.45) is -5.10. The van der Waals surface area contributed by atoms with Gasteiger partial charge in [0.15, 0.2) is 0 Å². The highest BCUT2D eigenvalue weighted by atomic mass is 19.4. The summed E-state index contributed by atoms with van der Waals surface area (Å²) in [7, 11) is 3.22. The Morgan fingerprint density at radius 3 is 2.42 bits per heavy atom. The van der Waals surface area contributed by atoms with Crippen molar-refractivity contribution >= 4 is 17.4 Å². The molecule has 5 rings (SSSR count). The van der Waals surface area contributed by atoms with Crippen LogP contribution in [0.5, 0.6) is 5.75 Å². The summed E-state index contributed by atoms with van der Waals surface area (Å²) >= 11 is 0. The Balaban J connectivity index is 1.24. The van der Waals surface area contributed by atoms with Crippen LogP contribution in [-0.2, 0) is 22.7 Å². The van der Waals surface area contributed by atoms with Crippen molar-refractivity contribution in [1.82, 2.24) is 30.4 Å². The number of allylic oxidation sites excluding steroid dienone is 3. The topological polar surface area (TPSA) is 107 Å². The number of methoxy groups -OCH3 is 1. The molecule has 11 nitrogen and oxygen atoms in total. The van der Waals surface area contributed by atoms with Crippen LogP contribution in [0.1, 0.15) is 43.1 Å². The molecule has 0 bridgehead atoms. The number of benzene rings is 2. The van der Waals surface area contributed by atoms with E-state index in [9.17, 15) is 18.0 Å². The summed E-state index contributed by atoms with van der Waals surface area (Å²) in [5.41, 5.74) is 1.27. The van der Waals surface area contributed by atoms with Crippen LogP contribution in [0.3, 0.4) is 0 Å². The standard InChI is InChI=1S/C31H36F3N7O4/c1-20-26(29-36-38-39(3)37-29)27(22-10-5-6-11-23(22)31(32,33)34)28(21(2)35-20)45-30(42)44-19-9-14-40-15-17-41(18-16-40)24-12-7-8-13-25(24)43-4/h5-8,10-13,27,35H,9,14-19H2,1-4H3. The minimum absolute atomic E-state index is 0.0304. The number of aryl methyl sites for hydroxylation is 1. The summed E-state index contributed by atoms with van der Waals surface area (Å²) in [4.78, 5) is 18.7. The fourth-order valence-corrected chi connectivity index (χ4v) is 5.77. The zero-order valence-electron chi connectivity index (χ0n) is 25.6. The predicted molar refractivity (Wildman–Crippen MR) is 160 cm³/mol. The molecular formula is C31H36F3N7O4. The predicted octanol–water partition coefficient (Wildman–Crippen LogP) is 4.95. The van der Waals surface area contributed by atoms with Crippen LogP contribution in [0.2, 0.25) is 0 Å². The molecule has 1 unspecified atom stereocenters. The van der Waals surface area contributed by atoms with Gasteiger partial charge in [0.2, 0.25) is 5.82 Å². The third kappa shape index (κ3) is 7.22.